The predicted octanol–water partition coefficient (Wildman–Crippen LogP) is 3.74. The van der Waals surface area contributed by atoms with E-state index in [0.29, 0.717) is 43.9 Å². The summed E-state index contributed by atoms with van der Waals surface area (Å²) in [5.41, 5.74) is 0.592. The highest BCUT2D eigenvalue weighted by Gasteiger charge is 2.42. The van der Waals surface area contributed by atoms with E-state index in [1.54, 1.807) is 6.92 Å². The summed E-state index contributed by atoms with van der Waals surface area (Å²) in [7, 11) is 1.98. The number of halogens is 3. The molecule has 1 aromatic carbocycles. The predicted molar refractivity (Wildman–Crippen MR) is 133 cm³/mol. The van der Waals surface area contributed by atoms with E-state index in [0.717, 1.165) is 42.9 Å². The molecule has 1 aliphatic carbocycles. The maximum absolute atomic E-state index is 13.9. The molecule has 1 amide bonds. The summed E-state index contributed by atoms with van der Waals surface area (Å²) in [5.74, 6) is 0.391. The minimum atomic E-state index is -4.41. The summed E-state index contributed by atoms with van der Waals surface area (Å²) in [5, 5.41) is 10.8. The Balaban J connectivity index is 1.35. The number of benzene rings is 1. The lowest BCUT2D eigenvalue weighted by Crippen LogP contribution is -2.52. The summed E-state index contributed by atoms with van der Waals surface area (Å²) in [6, 6.07) is 5.04. The molecule has 3 heterocycles. The Labute approximate surface area is 215 Å². The minimum Gasteiger partial charge on any atom is -0.384 e. The number of amides is 1. The third-order valence-electron chi connectivity index (χ3n) is 8.29. The monoisotopic (exact) mass is 517 g/mol. The molecular formula is C27H34F3N5O2. The fourth-order valence-electron chi connectivity index (χ4n) is 6.42. The van der Waals surface area contributed by atoms with Crippen LogP contribution in [0.25, 0.3) is 0 Å². The molecule has 1 N–H and O–H groups in total. The standard InChI is InChI=1S/C27H34F3N5O2/c1-17-15-26(2,37)23-21(17)24(32-16-31-23)34-11-13-35(14-12-34)25(36)22(20-5-4-10-33(20)3)18-6-8-19(9-7-18)27(28,29)30/h6-9,16-17,20,22,37H,4-5,10-15H2,1-3H3/t17-,20+,22+,26-/m1/s1. The van der Waals surface area contributed by atoms with Crippen molar-refractivity contribution in [3.8, 4) is 0 Å². The van der Waals surface area contributed by atoms with Crippen LogP contribution in [-0.4, -0.2) is 76.6 Å². The van der Waals surface area contributed by atoms with Crippen LogP contribution in [0.4, 0.5) is 19.0 Å². The van der Waals surface area contributed by atoms with Gasteiger partial charge in [-0.1, -0.05) is 19.1 Å². The molecule has 2 aliphatic heterocycles. The van der Waals surface area contributed by atoms with Gasteiger partial charge in [0, 0.05) is 37.8 Å². The van der Waals surface area contributed by atoms with Gasteiger partial charge in [0.15, 0.2) is 0 Å². The van der Waals surface area contributed by atoms with Gasteiger partial charge in [-0.15, -0.1) is 0 Å². The number of likely N-dealkylation sites (tertiary alicyclic amines) is 1. The number of fused-ring (bicyclic) bond motifs is 1. The number of nitrogens with zero attached hydrogens (tertiary/aromatic N) is 5. The molecule has 0 saturated carbocycles. The SMILES string of the molecule is C[C@@H]1C[C@@](C)(O)c2ncnc(N3CCN(C(=O)[C@@H](c4ccc(C(F)(F)F)cc4)[C@@H]4CCCN4C)CC3)c21. The van der Waals surface area contributed by atoms with Crippen molar-refractivity contribution in [2.45, 2.75) is 62.8 Å². The van der Waals surface area contributed by atoms with Gasteiger partial charge >= 0.3 is 6.18 Å². The van der Waals surface area contributed by atoms with E-state index in [2.05, 4.69) is 26.7 Å². The molecular weight excluding hydrogens is 483 g/mol. The van der Waals surface area contributed by atoms with Crippen LogP contribution >= 0.6 is 0 Å². The molecule has 5 rings (SSSR count). The zero-order valence-electron chi connectivity index (χ0n) is 21.5. The highest BCUT2D eigenvalue weighted by molar-refractivity contribution is 5.85. The maximum atomic E-state index is 13.9. The average molecular weight is 518 g/mol. The van der Waals surface area contributed by atoms with Crippen LogP contribution in [-0.2, 0) is 16.6 Å². The van der Waals surface area contributed by atoms with Gasteiger partial charge < -0.3 is 19.8 Å². The Kier molecular flexibility index (Phi) is 6.68. The topological polar surface area (TPSA) is 72.8 Å². The molecule has 0 radical (unpaired) electrons. The normalized spacial score (nSPS) is 27.4. The van der Waals surface area contributed by atoms with Gasteiger partial charge in [0.2, 0.25) is 5.91 Å². The number of aromatic nitrogens is 2. The third-order valence-corrected chi connectivity index (χ3v) is 8.29. The molecule has 7 nitrogen and oxygen atoms in total. The Bertz CT molecular complexity index is 1150. The van der Waals surface area contributed by atoms with Crippen LogP contribution in [0.2, 0.25) is 0 Å². The number of aliphatic hydroxyl groups is 1. The van der Waals surface area contributed by atoms with Crippen molar-refractivity contribution >= 4 is 11.7 Å². The number of hydrogen-bond acceptors (Lipinski definition) is 6. The van der Waals surface area contributed by atoms with Crippen LogP contribution in [0.15, 0.2) is 30.6 Å². The quantitative estimate of drug-likeness (QED) is 0.667. The molecule has 10 heteroatoms. The number of alkyl halides is 3. The van der Waals surface area contributed by atoms with E-state index in [9.17, 15) is 23.1 Å². The van der Waals surface area contributed by atoms with Gasteiger partial charge in [-0.05, 0) is 63.4 Å². The first-order valence-corrected chi connectivity index (χ1v) is 13.0. The Hall–Kier alpha value is -2.72. The van der Waals surface area contributed by atoms with Crippen LogP contribution < -0.4 is 4.90 Å². The number of carbonyl (C=O) groups excluding carboxylic acids is 1. The molecule has 2 fully saturated rings. The van der Waals surface area contributed by atoms with Crippen LogP contribution in [0.5, 0.6) is 0 Å². The zero-order valence-corrected chi connectivity index (χ0v) is 21.5. The van der Waals surface area contributed by atoms with Crippen molar-refractivity contribution in [3.05, 3.63) is 53.0 Å². The number of carbonyl (C=O) groups is 1. The molecule has 1 aromatic heterocycles. The molecule has 0 bridgehead atoms. The van der Waals surface area contributed by atoms with Gasteiger partial charge in [0.25, 0.3) is 0 Å². The summed E-state index contributed by atoms with van der Waals surface area (Å²) in [6.45, 7) is 6.88. The molecule has 4 atom stereocenters. The largest absolute Gasteiger partial charge is 0.416 e. The fraction of sp³-hybridized carbons (Fsp3) is 0.593. The van der Waals surface area contributed by atoms with E-state index in [1.807, 2.05) is 11.9 Å². The molecule has 0 spiro atoms. The highest BCUT2D eigenvalue weighted by Crippen LogP contribution is 2.46. The van der Waals surface area contributed by atoms with Gasteiger partial charge in [-0.3, -0.25) is 4.79 Å². The first kappa shape index (κ1) is 25.9. The lowest BCUT2D eigenvalue weighted by atomic mass is 9.87. The average Bonchev–Trinajstić information content (AvgIpc) is 3.38. The second-order valence-corrected chi connectivity index (χ2v) is 10.9. The second kappa shape index (κ2) is 9.54. The Morgan fingerprint density at radius 2 is 1.78 bits per heavy atom. The molecule has 200 valence electrons. The van der Waals surface area contributed by atoms with Crippen LogP contribution in [0, 0.1) is 0 Å². The number of hydrogen-bond donors (Lipinski definition) is 1. The van der Waals surface area contributed by atoms with E-state index in [4.69, 9.17) is 0 Å². The van der Waals surface area contributed by atoms with E-state index in [1.165, 1.54) is 18.5 Å². The van der Waals surface area contributed by atoms with E-state index in [-0.39, 0.29) is 17.9 Å². The third kappa shape index (κ3) is 4.81. The van der Waals surface area contributed by atoms with Gasteiger partial charge in [-0.25, -0.2) is 9.97 Å². The van der Waals surface area contributed by atoms with E-state index < -0.39 is 23.3 Å². The van der Waals surface area contributed by atoms with Crippen molar-refractivity contribution in [2.75, 3.05) is 44.7 Å². The van der Waals surface area contributed by atoms with Crippen molar-refractivity contribution in [2.24, 2.45) is 0 Å². The number of likely N-dealkylation sites (N-methyl/N-ethyl adjacent to an activating group) is 1. The number of anilines is 1. The van der Waals surface area contributed by atoms with Gasteiger partial charge in [-0.2, -0.15) is 13.2 Å². The minimum absolute atomic E-state index is 0.0395. The molecule has 2 aromatic rings. The molecule has 0 unspecified atom stereocenters. The zero-order chi connectivity index (χ0) is 26.5. The lowest BCUT2D eigenvalue weighted by Gasteiger charge is -2.39. The van der Waals surface area contributed by atoms with Crippen molar-refractivity contribution in [3.63, 3.8) is 0 Å². The van der Waals surface area contributed by atoms with E-state index >= 15 is 0 Å². The first-order valence-electron chi connectivity index (χ1n) is 13.0. The van der Waals surface area contributed by atoms with Crippen molar-refractivity contribution in [1.82, 2.24) is 19.8 Å². The van der Waals surface area contributed by atoms with Gasteiger partial charge in [0.05, 0.1) is 17.2 Å². The molecule has 3 aliphatic rings. The van der Waals surface area contributed by atoms with Crippen LogP contribution in [0.3, 0.4) is 0 Å². The smallest absolute Gasteiger partial charge is 0.384 e. The maximum Gasteiger partial charge on any atom is 0.416 e. The first-order chi connectivity index (χ1) is 17.5. The molecule has 2 saturated heterocycles. The Morgan fingerprint density at radius 1 is 1.11 bits per heavy atom. The summed E-state index contributed by atoms with van der Waals surface area (Å²) < 4.78 is 39.4. The van der Waals surface area contributed by atoms with Gasteiger partial charge in [0.1, 0.15) is 17.7 Å². The van der Waals surface area contributed by atoms with Crippen molar-refractivity contribution in [1.29, 1.82) is 0 Å². The Morgan fingerprint density at radius 3 is 2.38 bits per heavy atom. The highest BCUT2D eigenvalue weighted by atomic mass is 19.4. The van der Waals surface area contributed by atoms with Crippen LogP contribution in [0.1, 0.15) is 67.3 Å². The molecule has 37 heavy (non-hydrogen) atoms. The fourth-order valence-corrected chi connectivity index (χ4v) is 6.42. The van der Waals surface area contributed by atoms with Crippen molar-refractivity contribution < 1.29 is 23.1 Å². The number of piperazine rings is 1. The second-order valence-electron chi connectivity index (χ2n) is 10.9. The summed E-state index contributed by atoms with van der Waals surface area (Å²) in [6.07, 6.45) is -0.533. The number of rotatable bonds is 4. The lowest BCUT2D eigenvalue weighted by molar-refractivity contribution is -0.137. The summed E-state index contributed by atoms with van der Waals surface area (Å²) >= 11 is 0. The summed E-state index contributed by atoms with van der Waals surface area (Å²) in [4.78, 5) is 28.9.